The van der Waals surface area contributed by atoms with Crippen LogP contribution in [0.2, 0.25) is 0 Å². The predicted octanol–water partition coefficient (Wildman–Crippen LogP) is 1.44. The molecule has 2 aliphatic heterocycles. The number of hydrogen-bond donors (Lipinski definition) is 1. The Morgan fingerprint density at radius 3 is 2.93 bits per heavy atom. The lowest BCUT2D eigenvalue weighted by atomic mass is 9.80. The molecule has 14 heavy (non-hydrogen) atoms. The second kappa shape index (κ2) is 3.12. The van der Waals surface area contributed by atoms with Gasteiger partial charge in [0.2, 0.25) is 0 Å². The Morgan fingerprint density at radius 2 is 2.36 bits per heavy atom. The molecule has 0 aromatic carbocycles. The van der Waals surface area contributed by atoms with Crippen LogP contribution in [0.15, 0.2) is 0 Å². The second-order valence-corrected chi connectivity index (χ2v) is 4.56. The van der Waals surface area contributed by atoms with Crippen LogP contribution < -0.4 is 5.32 Å². The van der Waals surface area contributed by atoms with E-state index in [-0.39, 0.29) is 17.2 Å². The van der Waals surface area contributed by atoms with Crippen LogP contribution in [0.3, 0.4) is 0 Å². The summed E-state index contributed by atoms with van der Waals surface area (Å²) in [5.41, 5.74) is -0.278. The number of amides is 1. The van der Waals surface area contributed by atoms with E-state index in [9.17, 15) is 4.79 Å². The largest absolute Gasteiger partial charge is 0.447 e. The number of carbonyl (C=O) groups excluding carboxylic acids is 1. The van der Waals surface area contributed by atoms with Gasteiger partial charge in [-0.1, -0.05) is 6.92 Å². The molecule has 1 N–H and O–H groups in total. The molecule has 2 aliphatic rings. The van der Waals surface area contributed by atoms with E-state index in [1.165, 1.54) is 0 Å². The Kier molecular flexibility index (Phi) is 2.18. The molecule has 2 atom stereocenters. The van der Waals surface area contributed by atoms with Gasteiger partial charge in [0.05, 0.1) is 11.1 Å². The van der Waals surface area contributed by atoms with Gasteiger partial charge in [-0.2, -0.15) is 0 Å². The van der Waals surface area contributed by atoms with Gasteiger partial charge in [0.25, 0.3) is 0 Å². The highest BCUT2D eigenvalue weighted by Crippen LogP contribution is 2.36. The molecule has 0 aliphatic carbocycles. The predicted molar refractivity (Wildman–Crippen MR) is 51.1 cm³/mol. The molecule has 0 aromatic heterocycles. The third-order valence-corrected chi connectivity index (χ3v) is 3.34. The van der Waals surface area contributed by atoms with E-state index in [1.54, 1.807) is 0 Å². The molecule has 0 bridgehead atoms. The summed E-state index contributed by atoms with van der Waals surface area (Å²) in [5.74, 6) is 0. The number of alkyl carbamates (subject to hydrolysis) is 1. The highest BCUT2D eigenvalue weighted by Gasteiger charge is 2.47. The first-order valence-corrected chi connectivity index (χ1v) is 5.16. The molecule has 80 valence electrons. The van der Waals surface area contributed by atoms with Gasteiger partial charge < -0.3 is 14.8 Å². The number of ether oxygens (including phenoxy) is 2. The van der Waals surface area contributed by atoms with Gasteiger partial charge in [0, 0.05) is 13.0 Å². The zero-order valence-electron chi connectivity index (χ0n) is 8.76. The van der Waals surface area contributed by atoms with Crippen molar-refractivity contribution < 1.29 is 14.3 Å². The minimum atomic E-state index is -0.287. The number of hydrogen-bond acceptors (Lipinski definition) is 3. The summed E-state index contributed by atoms with van der Waals surface area (Å²) < 4.78 is 10.7. The molecular weight excluding hydrogens is 182 g/mol. The smallest absolute Gasteiger partial charge is 0.407 e. The Hall–Kier alpha value is -0.770. The minimum absolute atomic E-state index is 0.112. The molecule has 0 radical (unpaired) electrons. The van der Waals surface area contributed by atoms with Crippen LogP contribution in [0.4, 0.5) is 4.79 Å². The molecule has 2 unspecified atom stereocenters. The van der Waals surface area contributed by atoms with Crippen LogP contribution >= 0.6 is 0 Å². The van der Waals surface area contributed by atoms with Gasteiger partial charge in [-0.05, 0) is 19.8 Å². The van der Waals surface area contributed by atoms with E-state index in [1.807, 2.05) is 0 Å². The molecule has 4 nitrogen and oxygen atoms in total. The van der Waals surface area contributed by atoms with E-state index in [2.05, 4.69) is 19.2 Å². The first-order valence-electron chi connectivity index (χ1n) is 5.16. The first-order chi connectivity index (χ1) is 6.58. The summed E-state index contributed by atoms with van der Waals surface area (Å²) in [6.45, 7) is 5.40. The molecule has 2 heterocycles. The van der Waals surface area contributed by atoms with Crippen molar-refractivity contribution in [1.82, 2.24) is 5.32 Å². The zero-order valence-corrected chi connectivity index (χ0v) is 8.76. The lowest BCUT2D eigenvalue weighted by Gasteiger charge is -2.42. The average molecular weight is 199 g/mol. The maximum Gasteiger partial charge on any atom is 0.407 e. The summed E-state index contributed by atoms with van der Waals surface area (Å²) in [6.07, 6.45) is 2.38. The van der Waals surface area contributed by atoms with Gasteiger partial charge in [-0.3, -0.25) is 0 Å². The van der Waals surface area contributed by atoms with Gasteiger partial charge in [0.15, 0.2) is 0 Å². The Morgan fingerprint density at radius 1 is 1.57 bits per heavy atom. The average Bonchev–Trinajstić information content (AvgIpc) is 2.47. The molecule has 2 fully saturated rings. The van der Waals surface area contributed by atoms with Crippen molar-refractivity contribution in [2.24, 2.45) is 0 Å². The van der Waals surface area contributed by atoms with Gasteiger partial charge in [-0.15, -0.1) is 0 Å². The monoisotopic (exact) mass is 199 g/mol. The second-order valence-electron chi connectivity index (χ2n) is 4.56. The molecule has 4 heteroatoms. The lowest BCUT2D eigenvalue weighted by Crippen LogP contribution is -2.54. The van der Waals surface area contributed by atoms with Crippen LogP contribution in [-0.2, 0) is 9.47 Å². The lowest BCUT2D eigenvalue weighted by molar-refractivity contribution is -0.0985. The third-order valence-electron chi connectivity index (χ3n) is 3.34. The maximum absolute atomic E-state index is 11.0. The van der Waals surface area contributed by atoms with Crippen molar-refractivity contribution in [2.75, 3.05) is 13.2 Å². The van der Waals surface area contributed by atoms with Crippen molar-refractivity contribution in [1.29, 1.82) is 0 Å². The standard InChI is InChI=1S/C10H17NO3/c1-3-9(2)6-10(4-5-14-9)7-13-8(12)11-10/h3-7H2,1-2H3,(H,11,12). The van der Waals surface area contributed by atoms with Crippen LogP contribution in [0.25, 0.3) is 0 Å². The molecule has 1 amide bonds. The first kappa shape index (κ1) is 9.77. The highest BCUT2D eigenvalue weighted by molar-refractivity contribution is 5.70. The van der Waals surface area contributed by atoms with Crippen molar-refractivity contribution in [2.45, 2.75) is 44.2 Å². The van der Waals surface area contributed by atoms with Gasteiger partial charge in [0.1, 0.15) is 6.61 Å². The van der Waals surface area contributed by atoms with Crippen molar-refractivity contribution >= 4 is 6.09 Å². The fraction of sp³-hybridized carbons (Fsp3) is 0.900. The topological polar surface area (TPSA) is 47.6 Å². The maximum atomic E-state index is 11.0. The van der Waals surface area contributed by atoms with E-state index >= 15 is 0 Å². The fourth-order valence-corrected chi connectivity index (χ4v) is 2.30. The van der Waals surface area contributed by atoms with Crippen LogP contribution in [0.5, 0.6) is 0 Å². The zero-order chi connectivity index (χ0) is 10.2. The van der Waals surface area contributed by atoms with Crippen LogP contribution in [0, 0.1) is 0 Å². The van der Waals surface area contributed by atoms with Gasteiger partial charge in [-0.25, -0.2) is 4.79 Å². The Balaban J connectivity index is 2.10. The Labute approximate surface area is 84.0 Å². The number of nitrogens with one attached hydrogen (secondary N) is 1. The van der Waals surface area contributed by atoms with E-state index < -0.39 is 0 Å². The van der Waals surface area contributed by atoms with E-state index in [4.69, 9.17) is 9.47 Å². The molecule has 0 saturated carbocycles. The minimum Gasteiger partial charge on any atom is -0.447 e. The van der Waals surface area contributed by atoms with E-state index in [0.717, 1.165) is 19.3 Å². The molecule has 2 saturated heterocycles. The van der Waals surface area contributed by atoms with E-state index in [0.29, 0.717) is 13.2 Å². The molecule has 1 spiro atoms. The molecule has 2 rings (SSSR count). The SMILES string of the molecule is CCC1(C)CC2(CCO1)COC(=O)N2. The Bertz CT molecular complexity index is 256. The number of carbonyl (C=O) groups is 1. The summed E-state index contributed by atoms with van der Waals surface area (Å²) in [5, 5.41) is 2.92. The summed E-state index contributed by atoms with van der Waals surface area (Å²) in [4.78, 5) is 11.0. The van der Waals surface area contributed by atoms with Crippen molar-refractivity contribution in [3.05, 3.63) is 0 Å². The molecule has 0 aromatic rings. The summed E-state index contributed by atoms with van der Waals surface area (Å²) in [6, 6.07) is 0. The van der Waals surface area contributed by atoms with Gasteiger partial charge >= 0.3 is 6.09 Å². The van der Waals surface area contributed by atoms with Crippen molar-refractivity contribution in [3.63, 3.8) is 0 Å². The van der Waals surface area contributed by atoms with Crippen LogP contribution in [-0.4, -0.2) is 30.4 Å². The number of cyclic esters (lactones) is 1. The molecular formula is C10H17NO3. The number of rotatable bonds is 1. The summed E-state index contributed by atoms with van der Waals surface area (Å²) in [7, 11) is 0. The fourth-order valence-electron chi connectivity index (χ4n) is 2.30. The third kappa shape index (κ3) is 1.59. The normalized spacial score (nSPS) is 42.3. The highest BCUT2D eigenvalue weighted by atomic mass is 16.6. The van der Waals surface area contributed by atoms with Crippen LogP contribution in [0.1, 0.15) is 33.1 Å². The summed E-state index contributed by atoms with van der Waals surface area (Å²) >= 11 is 0. The quantitative estimate of drug-likeness (QED) is 0.695. The van der Waals surface area contributed by atoms with Crippen molar-refractivity contribution in [3.8, 4) is 0 Å².